The molecule has 0 unspecified atom stereocenters. The van der Waals surface area contributed by atoms with Crippen molar-refractivity contribution in [2.75, 3.05) is 5.43 Å². The molecule has 2 aromatic carbocycles. The molecule has 4 rings (SSSR count). The molecule has 0 fully saturated rings. The molecular formula is C20H16BrClN4S2. The largest absolute Gasteiger partial charge is 0.252 e. The van der Waals surface area contributed by atoms with Crippen LogP contribution in [0.3, 0.4) is 0 Å². The van der Waals surface area contributed by atoms with Crippen molar-refractivity contribution in [2.45, 2.75) is 6.92 Å². The van der Waals surface area contributed by atoms with Gasteiger partial charge in [-0.25, -0.2) is 9.97 Å². The van der Waals surface area contributed by atoms with Crippen molar-refractivity contribution in [2.24, 2.45) is 5.10 Å². The standard InChI is InChI=1S/C20H15ClN4S2.BrH/c1-13(17-11-26-19(22-17)15-5-3-2-4-6-15)24-25-20-23-18(12-27-20)14-7-9-16(21)10-8-14;/h2-12H,1H3,(H,23,25);1H/b24-13-;. The molecule has 4 aromatic rings. The number of nitrogens with zero attached hydrogens (tertiary/aromatic N) is 3. The van der Waals surface area contributed by atoms with E-state index in [-0.39, 0.29) is 17.0 Å². The van der Waals surface area contributed by atoms with E-state index in [0.717, 1.165) is 38.4 Å². The van der Waals surface area contributed by atoms with Gasteiger partial charge in [-0.1, -0.05) is 54.1 Å². The number of hydrazone groups is 1. The number of nitrogens with one attached hydrogen (secondary N) is 1. The molecule has 1 N–H and O–H groups in total. The minimum absolute atomic E-state index is 0. The molecule has 0 radical (unpaired) electrons. The van der Waals surface area contributed by atoms with Gasteiger partial charge < -0.3 is 0 Å². The molecule has 0 atom stereocenters. The Balaban J connectivity index is 0.00000225. The summed E-state index contributed by atoms with van der Waals surface area (Å²) in [6.07, 6.45) is 0. The second kappa shape index (κ2) is 9.43. The quantitative estimate of drug-likeness (QED) is 0.241. The van der Waals surface area contributed by atoms with Crippen molar-refractivity contribution in [3.63, 3.8) is 0 Å². The lowest BCUT2D eigenvalue weighted by Crippen LogP contribution is -2.00. The molecule has 8 heteroatoms. The van der Waals surface area contributed by atoms with Gasteiger partial charge in [-0.05, 0) is 19.1 Å². The number of hydrogen-bond donors (Lipinski definition) is 1. The molecule has 28 heavy (non-hydrogen) atoms. The first kappa shape index (κ1) is 20.7. The first-order chi connectivity index (χ1) is 13.2. The molecule has 2 aromatic heterocycles. The van der Waals surface area contributed by atoms with E-state index in [4.69, 9.17) is 11.6 Å². The van der Waals surface area contributed by atoms with Crippen molar-refractivity contribution in [3.8, 4) is 21.8 Å². The highest BCUT2D eigenvalue weighted by atomic mass is 79.9. The maximum atomic E-state index is 5.93. The molecule has 2 heterocycles. The van der Waals surface area contributed by atoms with Crippen molar-refractivity contribution < 1.29 is 0 Å². The number of hydrogen-bond acceptors (Lipinski definition) is 6. The molecule has 0 saturated carbocycles. The maximum absolute atomic E-state index is 5.93. The Morgan fingerprint density at radius 1 is 0.929 bits per heavy atom. The van der Waals surface area contributed by atoms with E-state index in [1.165, 1.54) is 11.3 Å². The van der Waals surface area contributed by atoms with Gasteiger partial charge in [-0.15, -0.1) is 39.7 Å². The Morgan fingerprint density at radius 2 is 1.68 bits per heavy atom. The Hall–Kier alpha value is -2.06. The van der Waals surface area contributed by atoms with Gasteiger partial charge >= 0.3 is 0 Å². The van der Waals surface area contributed by atoms with Crippen LogP contribution in [0, 0.1) is 0 Å². The van der Waals surface area contributed by atoms with Gasteiger partial charge in [-0.3, -0.25) is 5.43 Å². The van der Waals surface area contributed by atoms with E-state index in [1.807, 2.05) is 60.1 Å². The Bertz CT molecular complexity index is 1080. The lowest BCUT2D eigenvalue weighted by Gasteiger charge is -1.98. The maximum Gasteiger partial charge on any atom is 0.203 e. The van der Waals surface area contributed by atoms with Crippen molar-refractivity contribution in [1.29, 1.82) is 0 Å². The minimum atomic E-state index is 0. The summed E-state index contributed by atoms with van der Waals surface area (Å²) in [4.78, 5) is 9.24. The summed E-state index contributed by atoms with van der Waals surface area (Å²) >= 11 is 9.05. The molecule has 0 amide bonds. The molecule has 0 spiro atoms. The van der Waals surface area contributed by atoms with Crippen LogP contribution in [0.2, 0.25) is 5.02 Å². The molecule has 0 aliphatic rings. The second-order valence-electron chi connectivity index (χ2n) is 5.76. The molecule has 0 saturated heterocycles. The van der Waals surface area contributed by atoms with Crippen LogP contribution in [0.4, 0.5) is 5.13 Å². The van der Waals surface area contributed by atoms with E-state index in [9.17, 15) is 0 Å². The van der Waals surface area contributed by atoms with Crippen LogP contribution < -0.4 is 5.43 Å². The Kier molecular flexibility index (Phi) is 6.96. The van der Waals surface area contributed by atoms with Gasteiger partial charge in [0.2, 0.25) is 5.13 Å². The normalized spacial score (nSPS) is 11.1. The summed E-state index contributed by atoms with van der Waals surface area (Å²) < 4.78 is 0. The number of benzene rings is 2. The van der Waals surface area contributed by atoms with Crippen LogP contribution in [-0.2, 0) is 0 Å². The zero-order valence-corrected chi connectivity index (χ0v) is 18.9. The van der Waals surface area contributed by atoms with Crippen molar-refractivity contribution in [1.82, 2.24) is 9.97 Å². The number of rotatable bonds is 5. The van der Waals surface area contributed by atoms with Crippen LogP contribution in [0.15, 0.2) is 70.5 Å². The fourth-order valence-electron chi connectivity index (χ4n) is 2.42. The SMILES string of the molecule is Br.C/C(=N/Nc1nc(-c2ccc(Cl)cc2)cs1)c1csc(-c2ccccc2)n1. The average Bonchev–Trinajstić information content (AvgIpc) is 3.37. The minimum Gasteiger partial charge on any atom is -0.252 e. The predicted molar refractivity (Wildman–Crippen MR) is 126 cm³/mol. The molecular weight excluding hydrogens is 476 g/mol. The fraction of sp³-hybridized carbons (Fsp3) is 0.0500. The lowest BCUT2D eigenvalue weighted by atomic mass is 10.2. The van der Waals surface area contributed by atoms with Crippen LogP contribution in [-0.4, -0.2) is 15.7 Å². The lowest BCUT2D eigenvalue weighted by molar-refractivity contribution is 1.25. The van der Waals surface area contributed by atoms with Gasteiger partial charge in [0.25, 0.3) is 0 Å². The third-order valence-electron chi connectivity index (χ3n) is 3.86. The van der Waals surface area contributed by atoms with E-state index < -0.39 is 0 Å². The monoisotopic (exact) mass is 490 g/mol. The molecule has 142 valence electrons. The van der Waals surface area contributed by atoms with E-state index >= 15 is 0 Å². The van der Waals surface area contributed by atoms with Crippen LogP contribution in [0.25, 0.3) is 21.8 Å². The fourth-order valence-corrected chi connectivity index (χ4v) is 4.08. The average molecular weight is 492 g/mol. The van der Waals surface area contributed by atoms with E-state index in [2.05, 4.69) is 32.6 Å². The first-order valence-electron chi connectivity index (χ1n) is 8.22. The third-order valence-corrected chi connectivity index (χ3v) is 5.75. The Morgan fingerprint density at radius 3 is 2.43 bits per heavy atom. The molecule has 4 nitrogen and oxygen atoms in total. The predicted octanol–water partition coefficient (Wildman–Crippen LogP) is 7.00. The summed E-state index contributed by atoms with van der Waals surface area (Å²) in [6, 6.07) is 17.8. The van der Waals surface area contributed by atoms with Crippen LogP contribution in [0.1, 0.15) is 12.6 Å². The Labute approximate surface area is 186 Å². The highest BCUT2D eigenvalue weighted by Gasteiger charge is 2.08. The summed E-state index contributed by atoms with van der Waals surface area (Å²) in [5.74, 6) is 0. The summed E-state index contributed by atoms with van der Waals surface area (Å²) in [6.45, 7) is 1.94. The highest BCUT2D eigenvalue weighted by Crippen LogP contribution is 2.26. The smallest absolute Gasteiger partial charge is 0.203 e. The van der Waals surface area contributed by atoms with Gasteiger partial charge in [0, 0.05) is 26.9 Å². The van der Waals surface area contributed by atoms with E-state index in [0.29, 0.717) is 5.02 Å². The topological polar surface area (TPSA) is 50.2 Å². The summed E-state index contributed by atoms with van der Waals surface area (Å²) in [5.41, 5.74) is 7.74. The third kappa shape index (κ3) is 4.86. The highest BCUT2D eigenvalue weighted by molar-refractivity contribution is 8.93. The zero-order valence-electron chi connectivity index (χ0n) is 14.8. The van der Waals surface area contributed by atoms with Gasteiger partial charge in [-0.2, -0.15) is 5.10 Å². The summed E-state index contributed by atoms with van der Waals surface area (Å²) in [5, 5.41) is 10.9. The molecule has 0 bridgehead atoms. The van der Waals surface area contributed by atoms with Gasteiger partial charge in [0.1, 0.15) is 5.01 Å². The van der Waals surface area contributed by atoms with Gasteiger partial charge in [0.15, 0.2) is 0 Å². The van der Waals surface area contributed by atoms with E-state index in [1.54, 1.807) is 11.3 Å². The number of aromatic nitrogens is 2. The second-order valence-corrected chi connectivity index (χ2v) is 7.91. The van der Waals surface area contributed by atoms with Crippen LogP contribution in [0.5, 0.6) is 0 Å². The molecule has 0 aliphatic heterocycles. The first-order valence-corrected chi connectivity index (χ1v) is 10.4. The number of halogens is 2. The number of anilines is 1. The zero-order chi connectivity index (χ0) is 18.6. The van der Waals surface area contributed by atoms with Gasteiger partial charge in [0.05, 0.1) is 17.1 Å². The van der Waals surface area contributed by atoms with Crippen LogP contribution >= 0.6 is 51.3 Å². The number of thiazole rings is 2. The van der Waals surface area contributed by atoms with Crippen molar-refractivity contribution in [3.05, 3.63) is 76.1 Å². The summed E-state index contributed by atoms with van der Waals surface area (Å²) in [7, 11) is 0. The molecule has 0 aliphatic carbocycles. The van der Waals surface area contributed by atoms with Crippen molar-refractivity contribution >= 4 is 62.1 Å².